The molecule has 1 aliphatic heterocycles. The maximum absolute atomic E-state index is 10.7. The lowest BCUT2D eigenvalue weighted by Gasteiger charge is -2.40. The van der Waals surface area contributed by atoms with Crippen molar-refractivity contribution in [2.45, 2.75) is 19.4 Å². The average Bonchev–Trinajstić information content (AvgIpc) is 2.46. The van der Waals surface area contributed by atoms with E-state index in [1.165, 1.54) is 0 Å². The van der Waals surface area contributed by atoms with Crippen LogP contribution >= 0.6 is 0 Å². The van der Waals surface area contributed by atoms with Crippen LogP contribution in [0.4, 0.5) is 5.82 Å². The zero-order valence-electron chi connectivity index (χ0n) is 12.0. The van der Waals surface area contributed by atoms with Gasteiger partial charge in [0, 0.05) is 43.5 Å². The Bertz CT molecular complexity index is 502. The Morgan fingerprint density at radius 2 is 2.35 bits per heavy atom. The standard InChI is InChI=1S/C15H21N3O2/c1-3-13-11-18(10-9-17(13)2)15-12(5-4-8-16-15)6-7-14(19)20/h4-8,13H,3,9-11H2,1-2H3,(H,19,20)/b7-6+. The minimum absolute atomic E-state index is 0.516. The van der Waals surface area contributed by atoms with Gasteiger partial charge in [-0.2, -0.15) is 0 Å². The van der Waals surface area contributed by atoms with Crippen LogP contribution in [-0.4, -0.2) is 53.7 Å². The highest BCUT2D eigenvalue weighted by Crippen LogP contribution is 2.22. The highest BCUT2D eigenvalue weighted by atomic mass is 16.4. The van der Waals surface area contributed by atoms with Crippen LogP contribution < -0.4 is 4.90 Å². The van der Waals surface area contributed by atoms with Crippen LogP contribution in [0.5, 0.6) is 0 Å². The maximum atomic E-state index is 10.7. The first kappa shape index (κ1) is 14.5. The molecule has 2 rings (SSSR count). The number of aliphatic carboxylic acids is 1. The molecule has 1 saturated heterocycles. The maximum Gasteiger partial charge on any atom is 0.328 e. The van der Waals surface area contributed by atoms with Crippen molar-refractivity contribution in [1.29, 1.82) is 0 Å². The fourth-order valence-electron chi connectivity index (χ4n) is 2.54. The Hall–Kier alpha value is -1.88. The summed E-state index contributed by atoms with van der Waals surface area (Å²) in [4.78, 5) is 19.7. The van der Waals surface area contributed by atoms with Crippen LogP contribution in [0, 0.1) is 0 Å². The van der Waals surface area contributed by atoms with Crippen LogP contribution in [0.1, 0.15) is 18.9 Å². The molecule has 5 nitrogen and oxygen atoms in total. The van der Waals surface area contributed by atoms with E-state index in [-0.39, 0.29) is 0 Å². The number of hydrogen-bond donors (Lipinski definition) is 1. The van der Waals surface area contributed by atoms with Crippen molar-refractivity contribution in [3.8, 4) is 0 Å². The molecule has 1 N–H and O–H groups in total. The summed E-state index contributed by atoms with van der Waals surface area (Å²) in [5, 5.41) is 8.76. The number of piperazine rings is 1. The molecule has 5 heteroatoms. The molecule has 1 aromatic rings. The number of rotatable bonds is 4. The van der Waals surface area contributed by atoms with Gasteiger partial charge in [0.25, 0.3) is 0 Å². The average molecular weight is 275 g/mol. The number of aromatic nitrogens is 1. The van der Waals surface area contributed by atoms with Gasteiger partial charge >= 0.3 is 5.97 Å². The summed E-state index contributed by atoms with van der Waals surface area (Å²) >= 11 is 0. The van der Waals surface area contributed by atoms with Gasteiger partial charge in [-0.15, -0.1) is 0 Å². The minimum Gasteiger partial charge on any atom is -0.478 e. The topological polar surface area (TPSA) is 56.7 Å². The molecule has 1 fully saturated rings. The summed E-state index contributed by atoms with van der Waals surface area (Å²) in [5.74, 6) is -0.0684. The lowest BCUT2D eigenvalue weighted by molar-refractivity contribution is -0.131. The quantitative estimate of drug-likeness (QED) is 0.848. The van der Waals surface area contributed by atoms with Gasteiger partial charge < -0.3 is 10.0 Å². The van der Waals surface area contributed by atoms with Gasteiger partial charge in [-0.25, -0.2) is 9.78 Å². The van der Waals surface area contributed by atoms with Crippen molar-refractivity contribution in [3.63, 3.8) is 0 Å². The second-order valence-electron chi connectivity index (χ2n) is 5.08. The lowest BCUT2D eigenvalue weighted by Crippen LogP contribution is -2.51. The molecule has 20 heavy (non-hydrogen) atoms. The van der Waals surface area contributed by atoms with Crippen LogP contribution in [0.15, 0.2) is 24.4 Å². The third-order valence-corrected chi connectivity index (χ3v) is 3.77. The van der Waals surface area contributed by atoms with Crippen molar-refractivity contribution in [2.24, 2.45) is 0 Å². The van der Waals surface area contributed by atoms with Gasteiger partial charge in [-0.3, -0.25) is 4.90 Å². The second kappa shape index (κ2) is 6.52. The Kier molecular flexibility index (Phi) is 4.74. The van der Waals surface area contributed by atoms with E-state index in [2.05, 4.69) is 28.8 Å². The normalized spacial score (nSPS) is 20.5. The zero-order chi connectivity index (χ0) is 14.5. The number of pyridine rings is 1. The number of hydrogen-bond acceptors (Lipinski definition) is 4. The van der Waals surface area contributed by atoms with E-state index in [9.17, 15) is 4.79 Å². The first-order valence-electron chi connectivity index (χ1n) is 6.93. The van der Waals surface area contributed by atoms with Gasteiger partial charge in [-0.05, 0) is 31.7 Å². The Labute approximate surface area is 119 Å². The number of carboxylic acid groups (broad SMARTS) is 1. The molecule has 1 aliphatic rings. The summed E-state index contributed by atoms with van der Waals surface area (Å²) in [6.07, 6.45) is 5.63. The molecule has 1 aromatic heterocycles. The highest BCUT2D eigenvalue weighted by Gasteiger charge is 2.24. The van der Waals surface area contributed by atoms with E-state index in [4.69, 9.17) is 5.11 Å². The fraction of sp³-hybridized carbons (Fsp3) is 0.467. The third-order valence-electron chi connectivity index (χ3n) is 3.77. The van der Waals surface area contributed by atoms with Gasteiger partial charge in [0.2, 0.25) is 0 Å². The molecule has 1 atom stereocenters. The molecule has 0 aromatic carbocycles. The molecule has 0 amide bonds. The summed E-state index contributed by atoms with van der Waals surface area (Å²) in [5.41, 5.74) is 0.856. The van der Waals surface area contributed by atoms with Crippen molar-refractivity contribution in [1.82, 2.24) is 9.88 Å². The SMILES string of the molecule is CCC1CN(c2ncccc2/C=C/C(=O)O)CCN1C. The van der Waals surface area contributed by atoms with Crippen LogP contribution in [-0.2, 0) is 4.79 Å². The predicted octanol–water partition coefficient (Wildman–Crippen LogP) is 1.71. The largest absolute Gasteiger partial charge is 0.478 e. The predicted molar refractivity (Wildman–Crippen MR) is 79.8 cm³/mol. The molecule has 0 aliphatic carbocycles. The molecular weight excluding hydrogens is 254 g/mol. The van der Waals surface area contributed by atoms with Crippen molar-refractivity contribution in [3.05, 3.63) is 30.0 Å². The number of anilines is 1. The summed E-state index contributed by atoms with van der Waals surface area (Å²) < 4.78 is 0. The van der Waals surface area contributed by atoms with E-state index in [1.54, 1.807) is 12.3 Å². The molecular formula is C15H21N3O2. The molecule has 108 valence electrons. The fourth-order valence-corrected chi connectivity index (χ4v) is 2.54. The van der Waals surface area contributed by atoms with E-state index < -0.39 is 5.97 Å². The molecule has 2 heterocycles. The Morgan fingerprint density at radius 3 is 3.05 bits per heavy atom. The van der Waals surface area contributed by atoms with Gasteiger partial charge in [-0.1, -0.05) is 6.92 Å². The Morgan fingerprint density at radius 1 is 1.55 bits per heavy atom. The zero-order valence-corrected chi connectivity index (χ0v) is 12.0. The molecule has 0 radical (unpaired) electrons. The first-order valence-corrected chi connectivity index (χ1v) is 6.93. The van der Waals surface area contributed by atoms with Crippen molar-refractivity contribution >= 4 is 17.9 Å². The van der Waals surface area contributed by atoms with E-state index in [1.807, 2.05) is 12.1 Å². The highest BCUT2D eigenvalue weighted by molar-refractivity contribution is 5.86. The van der Waals surface area contributed by atoms with Crippen molar-refractivity contribution < 1.29 is 9.90 Å². The first-order chi connectivity index (χ1) is 9.61. The Balaban J connectivity index is 2.22. The lowest BCUT2D eigenvalue weighted by atomic mass is 10.1. The number of likely N-dealkylation sites (N-methyl/N-ethyl adjacent to an activating group) is 1. The summed E-state index contributed by atoms with van der Waals surface area (Å²) in [6, 6.07) is 4.25. The number of carbonyl (C=O) groups is 1. The van der Waals surface area contributed by atoms with Gasteiger partial charge in [0.15, 0.2) is 0 Å². The number of carboxylic acids is 1. The minimum atomic E-state index is -0.940. The summed E-state index contributed by atoms with van der Waals surface area (Å²) in [6.45, 7) is 5.03. The third kappa shape index (κ3) is 3.36. The van der Waals surface area contributed by atoms with Gasteiger partial charge in [0.05, 0.1) is 0 Å². The van der Waals surface area contributed by atoms with Crippen molar-refractivity contribution in [2.75, 3.05) is 31.6 Å². The number of nitrogens with zero attached hydrogens (tertiary/aromatic N) is 3. The van der Waals surface area contributed by atoms with E-state index in [0.717, 1.165) is 43.5 Å². The molecule has 0 spiro atoms. The second-order valence-corrected chi connectivity index (χ2v) is 5.08. The van der Waals surface area contributed by atoms with E-state index in [0.29, 0.717) is 6.04 Å². The van der Waals surface area contributed by atoms with E-state index >= 15 is 0 Å². The monoisotopic (exact) mass is 275 g/mol. The molecule has 0 saturated carbocycles. The molecule has 1 unspecified atom stereocenters. The van der Waals surface area contributed by atoms with Crippen LogP contribution in [0.25, 0.3) is 6.08 Å². The van der Waals surface area contributed by atoms with Crippen LogP contribution in [0.2, 0.25) is 0 Å². The summed E-state index contributed by atoms with van der Waals surface area (Å²) in [7, 11) is 2.15. The smallest absolute Gasteiger partial charge is 0.328 e. The molecule has 0 bridgehead atoms. The van der Waals surface area contributed by atoms with Crippen LogP contribution in [0.3, 0.4) is 0 Å². The van der Waals surface area contributed by atoms with Gasteiger partial charge in [0.1, 0.15) is 5.82 Å².